The molecule has 1 atom stereocenters. The molecule has 10 heteroatoms. The van der Waals surface area contributed by atoms with Crippen molar-refractivity contribution in [1.82, 2.24) is 9.62 Å². The number of benzene rings is 2. The fourth-order valence-corrected chi connectivity index (χ4v) is 4.97. The van der Waals surface area contributed by atoms with Crippen molar-refractivity contribution in [2.24, 2.45) is 0 Å². The van der Waals surface area contributed by atoms with Crippen LogP contribution in [0.4, 0.5) is 5.69 Å². The molecule has 2 aromatic carbocycles. The zero-order valence-corrected chi connectivity index (χ0v) is 17.1. The highest BCUT2D eigenvalue weighted by atomic mass is 32.2. The van der Waals surface area contributed by atoms with E-state index in [1.165, 1.54) is 18.2 Å². The van der Waals surface area contributed by atoms with E-state index < -0.39 is 14.9 Å². The largest absolute Gasteiger partial charge is 0.486 e. The third kappa shape index (κ3) is 4.40. The van der Waals surface area contributed by atoms with E-state index in [4.69, 9.17) is 9.47 Å². The first-order valence-corrected chi connectivity index (χ1v) is 11.3. The van der Waals surface area contributed by atoms with Crippen molar-refractivity contribution in [3.8, 4) is 11.5 Å². The van der Waals surface area contributed by atoms with Gasteiger partial charge in [0.05, 0.1) is 9.82 Å². The van der Waals surface area contributed by atoms with Gasteiger partial charge in [0.25, 0.3) is 5.69 Å². The van der Waals surface area contributed by atoms with Crippen molar-refractivity contribution in [2.45, 2.75) is 23.8 Å². The Bertz CT molecular complexity index is 1040. The normalized spacial score (nSPS) is 19.0. The van der Waals surface area contributed by atoms with Gasteiger partial charge in [0.1, 0.15) is 13.2 Å². The highest BCUT2D eigenvalue weighted by molar-refractivity contribution is 7.89. The Morgan fingerprint density at radius 3 is 2.73 bits per heavy atom. The van der Waals surface area contributed by atoms with Crippen LogP contribution in [0, 0.1) is 10.1 Å². The molecule has 0 aromatic heterocycles. The molecule has 1 unspecified atom stereocenters. The molecule has 160 valence electrons. The molecule has 1 N–H and O–H groups in total. The Morgan fingerprint density at radius 1 is 1.13 bits per heavy atom. The van der Waals surface area contributed by atoms with Crippen molar-refractivity contribution in [2.75, 3.05) is 32.8 Å². The average Bonchev–Trinajstić information content (AvgIpc) is 3.22. The van der Waals surface area contributed by atoms with E-state index >= 15 is 0 Å². The molecule has 1 saturated heterocycles. The molecule has 0 bridgehead atoms. The van der Waals surface area contributed by atoms with Gasteiger partial charge in [0.2, 0.25) is 10.0 Å². The lowest BCUT2D eigenvalue weighted by atomic mass is 10.0. The zero-order valence-electron chi connectivity index (χ0n) is 16.3. The lowest BCUT2D eigenvalue weighted by molar-refractivity contribution is -0.385. The number of sulfonamides is 1. The Morgan fingerprint density at radius 2 is 1.93 bits per heavy atom. The van der Waals surface area contributed by atoms with Gasteiger partial charge in [-0.05, 0) is 43.1 Å². The number of nitrogens with one attached hydrogen (secondary N) is 1. The molecular weight excluding hydrogens is 410 g/mol. The number of nitrogens with zero attached hydrogens (tertiary/aromatic N) is 2. The van der Waals surface area contributed by atoms with Gasteiger partial charge in [-0.3, -0.25) is 15.0 Å². The van der Waals surface area contributed by atoms with E-state index in [9.17, 15) is 18.5 Å². The molecule has 0 spiro atoms. The highest BCUT2D eigenvalue weighted by Crippen LogP contribution is 2.37. The molecule has 4 rings (SSSR count). The molecule has 1 fully saturated rings. The first-order chi connectivity index (χ1) is 14.4. The van der Waals surface area contributed by atoms with Crippen LogP contribution in [0.2, 0.25) is 0 Å². The van der Waals surface area contributed by atoms with E-state index in [0.29, 0.717) is 19.8 Å². The Kier molecular flexibility index (Phi) is 5.89. The van der Waals surface area contributed by atoms with E-state index in [-0.39, 0.29) is 23.2 Å². The number of hydrogen-bond donors (Lipinski definition) is 1. The summed E-state index contributed by atoms with van der Waals surface area (Å²) in [6.45, 7) is 2.70. The van der Waals surface area contributed by atoms with Crippen molar-refractivity contribution >= 4 is 15.7 Å². The Labute approximate surface area is 174 Å². The molecule has 30 heavy (non-hydrogen) atoms. The molecule has 0 aliphatic carbocycles. The number of likely N-dealkylation sites (tertiary alicyclic amines) is 1. The number of nitro benzene ring substituents is 1. The van der Waals surface area contributed by atoms with Crippen molar-refractivity contribution in [3.05, 3.63) is 58.1 Å². The molecule has 9 nitrogen and oxygen atoms in total. The summed E-state index contributed by atoms with van der Waals surface area (Å²) < 4.78 is 38.8. The van der Waals surface area contributed by atoms with Gasteiger partial charge in [-0.1, -0.05) is 12.1 Å². The molecule has 2 aromatic rings. The molecule has 2 aliphatic rings. The molecule has 2 aliphatic heterocycles. The fraction of sp³-hybridized carbons (Fsp3) is 0.400. The summed E-state index contributed by atoms with van der Waals surface area (Å²) in [5.41, 5.74) is 0.870. The highest BCUT2D eigenvalue weighted by Gasteiger charge is 2.27. The van der Waals surface area contributed by atoms with Crippen LogP contribution >= 0.6 is 0 Å². The lowest BCUT2D eigenvalue weighted by Crippen LogP contribution is -2.34. The third-order valence-electron chi connectivity index (χ3n) is 5.34. The average molecular weight is 433 g/mol. The maximum atomic E-state index is 12.5. The molecule has 0 radical (unpaired) electrons. The second-order valence-electron chi connectivity index (χ2n) is 7.25. The second-order valence-corrected chi connectivity index (χ2v) is 9.02. The SMILES string of the molecule is O=[N+]([O-])c1cccc(S(=O)(=O)NCCN2CCCC2c2ccc3c(c2)OCCO3)c1. The van der Waals surface area contributed by atoms with Crippen LogP contribution in [-0.4, -0.2) is 51.1 Å². The molecule has 0 amide bonds. The summed E-state index contributed by atoms with van der Waals surface area (Å²) in [5.74, 6) is 1.50. The Balaban J connectivity index is 1.40. The lowest BCUT2D eigenvalue weighted by Gasteiger charge is -2.26. The summed E-state index contributed by atoms with van der Waals surface area (Å²) >= 11 is 0. The van der Waals surface area contributed by atoms with Gasteiger partial charge in [-0.25, -0.2) is 13.1 Å². The minimum atomic E-state index is -3.82. The summed E-state index contributed by atoms with van der Waals surface area (Å²) in [6.07, 6.45) is 2.01. The minimum Gasteiger partial charge on any atom is -0.486 e. The Hall–Kier alpha value is -2.69. The van der Waals surface area contributed by atoms with Crippen LogP contribution in [0.1, 0.15) is 24.4 Å². The predicted octanol–water partition coefficient (Wildman–Crippen LogP) is 2.48. The standard InChI is InChI=1S/C20H23N3O6S/c24-23(25)16-3-1-4-17(14-16)30(26,27)21-8-10-22-9-2-5-18(22)15-6-7-19-20(13-15)29-12-11-28-19/h1,3-4,6-7,13-14,18,21H,2,5,8-12H2. The number of rotatable bonds is 7. The third-order valence-corrected chi connectivity index (χ3v) is 6.80. The predicted molar refractivity (Wildman–Crippen MR) is 109 cm³/mol. The van der Waals surface area contributed by atoms with E-state index in [0.717, 1.165) is 42.5 Å². The maximum absolute atomic E-state index is 12.5. The van der Waals surface area contributed by atoms with E-state index in [2.05, 4.69) is 9.62 Å². The van der Waals surface area contributed by atoms with Crippen LogP contribution in [0.5, 0.6) is 11.5 Å². The van der Waals surface area contributed by atoms with E-state index in [1.807, 2.05) is 18.2 Å². The quantitative estimate of drug-likeness (QED) is 0.527. The number of non-ortho nitro benzene ring substituents is 1. The summed E-state index contributed by atoms with van der Waals surface area (Å²) in [4.78, 5) is 12.4. The smallest absolute Gasteiger partial charge is 0.270 e. The maximum Gasteiger partial charge on any atom is 0.270 e. The monoisotopic (exact) mass is 433 g/mol. The number of nitro groups is 1. The van der Waals surface area contributed by atoms with Crippen LogP contribution in [-0.2, 0) is 10.0 Å². The topological polar surface area (TPSA) is 111 Å². The van der Waals surface area contributed by atoms with Gasteiger partial charge in [-0.2, -0.15) is 0 Å². The number of hydrogen-bond acceptors (Lipinski definition) is 7. The second kappa shape index (κ2) is 8.58. The van der Waals surface area contributed by atoms with Crippen LogP contribution in [0.3, 0.4) is 0 Å². The summed E-state index contributed by atoms with van der Waals surface area (Å²) in [5, 5.41) is 10.9. The molecular formula is C20H23N3O6S. The molecule has 0 saturated carbocycles. The van der Waals surface area contributed by atoms with Crippen LogP contribution in [0.25, 0.3) is 0 Å². The van der Waals surface area contributed by atoms with Crippen LogP contribution < -0.4 is 14.2 Å². The van der Waals surface area contributed by atoms with Gasteiger partial charge < -0.3 is 9.47 Å². The van der Waals surface area contributed by atoms with Crippen LogP contribution in [0.15, 0.2) is 47.4 Å². The molecule has 2 heterocycles. The van der Waals surface area contributed by atoms with E-state index in [1.54, 1.807) is 0 Å². The minimum absolute atomic E-state index is 0.110. The van der Waals surface area contributed by atoms with Gasteiger partial charge in [-0.15, -0.1) is 0 Å². The van der Waals surface area contributed by atoms with Crippen molar-refractivity contribution < 1.29 is 22.8 Å². The van der Waals surface area contributed by atoms with Crippen molar-refractivity contribution in [1.29, 1.82) is 0 Å². The zero-order chi connectivity index (χ0) is 21.1. The summed E-state index contributed by atoms with van der Waals surface area (Å²) in [7, 11) is -3.82. The van der Waals surface area contributed by atoms with Crippen molar-refractivity contribution in [3.63, 3.8) is 0 Å². The van der Waals surface area contributed by atoms with Gasteiger partial charge >= 0.3 is 0 Å². The fourth-order valence-electron chi connectivity index (χ4n) is 3.91. The summed E-state index contributed by atoms with van der Waals surface area (Å²) in [6, 6.07) is 11.2. The number of ether oxygens (including phenoxy) is 2. The first-order valence-electron chi connectivity index (χ1n) is 9.82. The number of fused-ring (bicyclic) bond motifs is 1. The van der Waals surface area contributed by atoms with Gasteiger partial charge in [0.15, 0.2) is 11.5 Å². The van der Waals surface area contributed by atoms with Gasteiger partial charge in [0, 0.05) is 31.3 Å². The first kappa shape index (κ1) is 20.6.